The molecule has 38 heavy (non-hydrogen) atoms. The maximum Gasteiger partial charge on any atom is 0.264 e. The number of nitrogens with zero attached hydrogens (tertiary/aromatic N) is 2. The van der Waals surface area contributed by atoms with E-state index in [0.717, 1.165) is 9.87 Å². The zero-order chi connectivity index (χ0) is 27.7. The lowest BCUT2D eigenvalue weighted by Gasteiger charge is -2.24. The summed E-state index contributed by atoms with van der Waals surface area (Å²) in [5.41, 5.74) is 4.03. The maximum absolute atomic E-state index is 13.7. The molecule has 0 aromatic heterocycles. The second-order valence-electron chi connectivity index (χ2n) is 7.92. The number of benzene rings is 3. The lowest BCUT2D eigenvalue weighted by atomic mass is 10.1. The van der Waals surface area contributed by atoms with Crippen molar-refractivity contribution < 1.29 is 32.2 Å². The molecule has 1 N–H and O–H groups in total. The van der Waals surface area contributed by atoms with Crippen LogP contribution in [0.25, 0.3) is 0 Å². The summed E-state index contributed by atoms with van der Waals surface area (Å²) < 4.78 is 49.6. The first-order chi connectivity index (χ1) is 18.2. The molecule has 10 nitrogen and oxygen atoms in total. The molecular weight excluding hydrogens is 510 g/mol. The molecular formula is C27H31N3O7S. The van der Waals surface area contributed by atoms with E-state index in [-0.39, 0.29) is 16.3 Å². The minimum Gasteiger partial charge on any atom is -0.497 e. The number of amides is 1. The summed E-state index contributed by atoms with van der Waals surface area (Å²) in [6.07, 6.45) is 0. The Labute approximate surface area is 222 Å². The van der Waals surface area contributed by atoms with E-state index in [9.17, 15) is 13.2 Å². The molecule has 0 aliphatic carbocycles. The highest BCUT2D eigenvalue weighted by molar-refractivity contribution is 7.92. The van der Waals surface area contributed by atoms with Gasteiger partial charge in [-0.15, -0.1) is 0 Å². The van der Waals surface area contributed by atoms with Crippen molar-refractivity contribution in [1.29, 1.82) is 0 Å². The topological polar surface area (TPSA) is 116 Å². The number of hydrazone groups is 1. The Hall–Kier alpha value is -4.25. The summed E-state index contributed by atoms with van der Waals surface area (Å²) in [5.74, 6) is 1.25. The van der Waals surface area contributed by atoms with E-state index < -0.39 is 22.5 Å². The standard InChI is InChI=1S/C27H31N3O7S/c1-6-37-23-13-9-21(10-14-23)30(38(32,33)24-15-16-25(35-4)26(17-24)36-5)18-27(31)29-28-19(2)20-7-11-22(34-3)12-8-20/h7-17H,6,18H2,1-5H3,(H,29,31)/b28-19-. The smallest absolute Gasteiger partial charge is 0.264 e. The monoisotopic (exact) mass is 541 g/mol. The van der Waals surface area contributed by atoms with Gasteiger partial charge in [0.2, 0.25) is 0 Å². The van der Waals surface area contributed by atoms with Gasteiger partial charge in [0.15, 0.2) is 11.5 Å². The number of methoxy groups -OCH3 is 3. The van der Waals surface area contributed by atoms with Crippen LogP contribution in [0.2, 0.25) is 0 Å². The second-order valence-corrected chi connectivity index (χ2v) is 9.78. The lowest BCUT2D eigenvalue weighted by molar-refractivity contribution is -0.119. The average molecular weight is 542 g/mol. The molecule has 1 amide bonds. The minimum atomic E-state index is -4.20. The van der Waals surface area contributed by atoms with Crippen LogP contribution in [-0.2, 0) is 14.8 Å². The van der Waals surface area contributed by atoms with Crippen LogP contribution in [0.1, 0.15) is 19.4 Å². The summed E-state index contributed by atoms with van der Waals surface area (Å²) in [7, 11) is 0.242. The van der Waals surface area contributed by atoms with Crippen LogP contribution in [0.5, 0.6) is 23.0 Å². The van der Waals surface area contributed by atoms with Crippen molar-refractivity contribution in [1.82, 2.24) is 5.43 Å². The van der Waals surface area contributed by atoms with Crippen LogP contribution in [0, 0.1) is 0 Å². The Morgan fingerprint density at radius 3 is 2.08 bits per heavy atom. The number of hydrogen-bond acceptors (Lipinski definition) is 8. The molecule has 0 unspecified atom stereocenters. The van der Waals surface area contributed by atoms with Crippen molar-refractivity contribution in [3.63, 3.8) is 0 Å². The Balaban J connectivity index is 1.91. The maximum atomic E-state index is 13.7. The fraction of sp³-hybridized carbons (Fsp3) is 0.259. The summed E-state index contributed by atoms with van der Waals surface area (Å²) in [6.45, 7) is 3.51. The molecule has 3 aromatic rings. The third-order valence-electron chi connectivity index (χ3n) is 5.52. The van der Waals surface area contributed by atoms with Gasteiger partial charge in [0.1, 0.15) is 18.0 Å². The normalized spacial score (nSPS) is 11.4. The van der Waals surface area contributed by atoms with E-state index >= 15 is 0 Å². The first kappa shape index (κ1) is 28.3. The molecule has 0 fully saturated rings. The fourth-order valence-electron chi connectivity index (χ4n) is 3.50. The molecule has 202 valence electrons. The SMILES string of the molecule is CCOc1ccc(N(CC(=O)N/N=C(/C)c2ccc(OC)cc2)S(=O)(=O)c2ccc(OC)c(OC)c2)cc1. The van der Waals surface area contributed by atoms with Crippen LogP contribution >= 0.6 is 0 Å². The van der Waals surface area contributed by atoms with Crippen molar-refractivity contribution in [3.05, 3.63) is 72.3 Å². The number of nitrogens with one attached hydrogen (secondary N) is 1. The largest absolute Gasteiger partial charge is 0.497 e. The van der Waals surface area contributed by atoms with E-state index in [4.69, 9.17) is 18.9 Å². The van der Waals surface area contributed by atoms with Crippen molar-refractivity contribution >= 4 is 27.3 Å². The second kappa shape index (κ2) is 12.8. The highest BCUT2D eigenvalue weighted by Crippen LogP contribution is 2.32. The number of hydrogen-bond donors (Lipinski definition) is 1. The molecule has 0 atom stereocenters. The molecule has 0 bridgehead atoms. The number of carbonyl (C=O) groups is 1. The van der Waals surface area contributed by atoms with E-state index in [0.29, 0.717) is 29.6 Å². The molecule has 11 heteroatoms. The molecule has 0 spiro atoms. The van der Waals surface area contributed by atoms with Gasteiger partial charge in [-0.1, -0.05) is 0 Å². The third-order valence-corrected chi connectivity index (χ3v) is 7.29. The van der Waals surface area contributed by atoms with Crippen LogP contribution in [0.15, 0.2) is 76.7 Å². The van der Waals surface area contributed by atoms with Crippen LogP contribution in [0.3, 0.4) is 0 Å². The quantitative estimate of drug-likeness (QED) is 0.274. The van der Waals surface area contributed by atoms with Crippen molar-refractivity contribution in [2.24, 2.45) is 5.10 Å². The molecule has 0 saturated heterocycles. The molecule has 0 aliphatic heterocycles. The van der Waals surface area contributed by atoms with Crippen LogP contribution < -0.4 is 28.7 Å². The lowest BCUT2D eigenvalue weighted by Crippen LogP contribution is -2.39. The highest BCUT2D eigenvalue weighted by Gasteiger charge is 2.28. The van der Waals surface area contributed by atoms with Gasteiger partial charge in [0.25, 0.3) is 15.9 Å². The predicted molar refractivity (Wildman–Crippen MR) is 145 cm³/mol. The Bertz CT molecular complexity index is 1370. The van der Waals surface area contributed by atoms with Crippen LogP contribution in [-0.4, -0.2) is 54.5 Å². The number of rotatable bonds is 12. The average Bonchev–Trinajstić information content (AvgIpc) is 2.94. The summed E-state index contributed by atoms with van der Waals surface area (Å²) in [4.78, 5) is 12.8. The minimum absolute atomic E-state index is 0.0743. The highest BCUT2D eigenvalue weighted by atomic mass is 32.2. The summed E-state index contributed by atoms with van der Waals surface area (Å²) in [6, 6.07) is 17.8. The van der Waals surface area contributed by atoms with Crippen molar-refractivity contribution in [2.45, 2.75) is 18.7 Å². The zero-order valence-corrected chi connectivity index (χ0v) is 22.7. The molecule has 3 rings (SSSR count). The van der Waals surface area contributed by atoms with Gasteiger partial charge in [0, 0.05) is 6.07 Å². The first-order valence-corrected chi connectivity index (χ1v) is 13.1. The van der Waals surface area contributed by atoms with E-state index in [2.05, 4.69) is 10.5 Å². The van der Waals surface area contributed by atoms with Gasteiger partial charge in [-0.2, -0.15) is 5.10 Å². The van der Waals surface area contributed by atoms with Gasteiger partial charge < -0.3 is 18.9 Å². The van der Waals surface area contributed by atoms with Gasteiger partial charge in [-0.25, -0.2) is 13.8 Å². The van der Waals surface area contributed by atoms with E-state index in [1.165, 1.54) is 32.4 Å². The van der Waals surface area contributed by atoms with Gasteiger partial charge in [0.05, 0.1) is 44.2 Å². The number of sulfonamides is 1. The van der Waals surface area contributed by atoms with Gasteiger partial charge in [-0.3, -0.25) is 9.10 Å². The van der Waals surface area contributed by atoms with Gasteiger partial charge in [-0.05, 0) is 80.1 Å². The Kier molecular flexibility index (Phi) is 9.55. The predicted octanol–water partition coefficient (Wildman–Crippen LogP) is 3.85. The van der Waals surface area contributed by atoms with Gasteiger partial charge >= 0.3 is 0 Å². The number of anilines is 1. The number of ether oxygens (including phenoxy) is 4. The first-order valence-electron chi connectivity index (χ1n) is 11.7. The van der Waals surface area contributed by atoms with E-state index in [1.807, 2.05) is 6.92 Å². The summed E-state index contributed by atoms with van der Waals surface area (Å²) >= 11 is 0. The summed E-state index contributed by atoms with van der Waals surface area (Å²) in [5, 5.41) is 4.14. The Morgan fingerprint density at radius 2 is 1.50 bits per heavy atom. The molecule has 3 aromatic carbocycles. The van der Waals surface area contributed by atoms with Crippen LogP contribution in [0.4, 0.5) is 5.69 Å². The molecule has 0 aliphatic rings. The molecule has 0 saturated carbocycles. The van der Waals surface area contributed by atoms with E-state index in [1.54, 1.807) is 62.6 Å². The van der Waals surface area contributed by atoms with Crippen molar-refractivity contribution in [2.75, 3.05) is 38.8 Å². The molecule has 0 radical (unpaired) electrons. The number of carbonyl (C=O) groups excluding carboxylic acids is 1. The Morgan fingerprint density at radius 1 is 0.868 bits per heavy atom. The zero-order valence-electron chi connectivity index (χ0n) is 21.9. The molecule has 0 heterocycles. The third kappa shape index (κ3) is 6.74. The van der Waals surface area contributed by atoms with Crippen molar-refractivity contribution in [3.8, 4) is 23.0 Å². The fourth-order valence-corrected chi connectivity index (χ4v) is 4.94.